The lowest BCUT2D eigenvalue weighted by atomic mass is 10.1. The van der Waals surface area contributed by atoms with Gasteiger partial charge >= 0.3 is 5.97 Å². The number of ether oxygens (including phenoxy) is 1. The first-order valence-corrected chi connectivity index (χ1v) is 4.74. The highest BCUT2D eigenvalue weighted by Crippen LogP contribution is 2.29. The molecule has 0 radical (unpaired) electrons. The fraction of sp³-hybridized carbons (Fsp3) is 0.200. The van der Waals surface area contributed by atoms with Gasteiger partial charge in [0.2, 0.25) is 0 Å². The molecule has 1 aromatic rings. The van der Waals surface area contributed by atoms with E-state index in [0.29, 0.717) is 0 Å². The largest absolute Gasteiger partial charge is 0.506 e. The fourth-order valence-electron chi connectivity index (χ4n) is 1.05. The molecule has 0 heterocycles. The topological polar surface area (TPSA) is 63.6 Å². The maximum atomic E-state index is 12.9. The third-order valence-electron chi connectivity index (χ3n) is 1.73. The zero-order valence-corrected chi connectivity index (χ0v) is 9.05. The summed E-state index contributed by atoms with van der Waals surface area (Å²) in [6.07, 6.45) is 0. The Balaban J connectivity index is 3.13. The molecule has 0 fully saturated rings. The van der Waals surface area contributed by atoms with Crippen LogP contribution in [0, 0.1) is 5.82 Å². The van der Waals surface area contributed by atoms with Gasteiger partial charge in [-0.2, -0.15) is 0 Å². The summed E-state index contributed by atoms with van der Waals surface area (Å²) in [4.78, 5) is 22.5. The van der Waals surface area contributed by atoms with Gasteiger partial charge in [-0.1, -0.05) is 11.6 Å². The zero-order valence-electron chi connectivity index (χ0n) is 8.29. The van der Waals surface area contributed by atoms with Gasteiger partial charge in [0.25, 0.3) is 5.78 Å². The van der Waals surface area contributed by atoms with Gasteiger partial charge in [-0.3, -0.25) is 4.79 Å². The lowest BCUT2D eigenvalue weighted by Crippen LogP contribution is -2.17. The minimum atomic E-state index is -1.17. The van der Waals surface area contributed by atoms with Crippen LogP contribution < -0.4 is 0 Å². The van der Waals surface area contributed by atoms with Crippen molar-refractivity contribution in [1.82, 2.24) is 0 Å². The van der Waals surface area contributed by atoms with Crippen LogP contribution in [-0.2, 0) is 9.53 Å². The maximum absolute atomic E-state index is 12.9. The average molecular weight is 247 g/mol. The monoisotopic (exact) mass is 246 g/mol. The second kappa shape index (κ2) is 4.94. The Morgan fingerprint density at radius 2 is 2.12 bits per heavy atom. The number of phenols is 1. The SMILES string of the molecule is CCOC(=O)C(=O)c1cc(F)cc(Cl)c1O. The summed E-state index contributed by atoms with van der Waals surface area (Å²) in [5, 5.41) is 9.04. The normalized spacial score (nSPS) is 9.94. The molecule has 86 valence electrons. The number of hydrogen-bond donors (Lipinski definition) is 1. The molecule has 0 atom stereocenters. The first-order chi connectivity index (χ1) is 7.47. The third-order valence-corrected chi connectivity index (χ3v) is 2.02. The van der Waals surface area contributed by atoms with Crippen molar-refractivity contribution in [2.45, 2.75) is 6.92 Å². The van der Waals surface area contributed by atoms with Crippen LogP contribution in [0.25, 0.3) is 0 Å². The average Bonchev–Trinajstić information content (AvgIpc) is 2.22. The van der Waals surface area contributed by atoms with Crippen molar-refractivity contribution in [2.75, 3.05) is 6.61 Å². The number of Topliss-reactive ketones (excluding diaryl/α,β-unsaturated/α-hetero) is 1. The molecule has 0 aliphatic heterocycles. The van der Waals surface area contributed by atoms with E-state index in [1.165, 1.54) is 6.92 Å². The number of ketones is 1. The van der Waals surface area contributed by atoms with Crippen LogP contribution in [-0.4, -0.2) is 23.5 Å². The molecule has 16 heavy (non-hydrogen) atoms. The van der Waals surface area contributed by atoms with Gasteiger partial charge in [-0.15, -0.1) is 0 Å². The van der Waals surface area contributed by atoms with Gasteiger partial charge in [0.1, 0.15) is 11.6 Å². The van der Waals surface area contributed by atoms with Crippen molar-refractivity contribution in [1.29, 1.82) is 0 Å². The van der Waals surface area contributed by atoms with Crippen molar-refractivity contribution < 1.29 is 23.8 Å². The molecule has 4 nitrogen and oxygen atoms in total. The van der Waals surface area contributed by atoms with Crippen LogP contribution in [0.3, 0.4) is 0 Å². The van der Waals surface area contributed by atoms with E-state index in [1.54, 1.807) is 0 Å². The number of carbonyl (C=O) groups is 2. The van der Waals surface area contributed by atoms with E-state index in [2.05, 4.69) is 4.74 Å². The van der Waals surface area contributed by atoms with E-state index < -0.39 is 28.9 Å². The number of aromatic hydroxyl groups is 1. The van der Waals surface area contributed by atoms with Crippen molar-refractivity contribution >= 4 is 23.4 Å². The van der Waals surface area contributed by atoms with Crippen LogP contribution in [0.1, 0.15) is 17.3 Å². The van der Waals surface area contributed by atoms with E-state index >= 15 is 0 Å². The Hall–Kier alpha value is -1.62. The number of rotatable bonds is 3. The van der Waals surface area contributed by atoms with E-state index in [0.717, 1.165) is 12.1 Å². The molecule has 1 rings (SSSR count). The van der Waals surface area contributed by atoms with Crippen LogP contribution in [0.5, 0.6) is 5.75 Å². The Morgan fingerprint density at radius 1 is 1.50 bits per heavy atom. The Bertz CT molecular complexity index is 445. The molecule has 1 N–H and O–H groups in total. The van der Waals surface area contributed by atoms with Crippen LogP contribution in [0.4, 0.5) is 4.39 Å². The molecule has 0 aliphatic rings. The van der Waals surface area contributed by atoms with Crippen molar-refractivity contribution in [3.8, 4) is 5.75 Å². The minimum Gasteiger partial charge on any atom is -0.506 e. The second-order valence-electron chi connectivity index (χ2n) is 2.83. The predicted octanol–water partition coefficient (Wildman–Crippen LogP) is 1.93. The van der Waals surface area contributed by atoms with Crippen LogP contribution >= 0.6 is 11.6 Å². The Labute approximate surface area is 95.6 Å². The standard InChI is InChI=1S/C10H8ClFO4/c1-2-16-10(15)9(14)6-3-5(12)4-7(11)8(6)13/h3-4,13H,2H2,1H3. The van der Waals surface area contributed by atoms with E-state index in [1.807, 2.05) is 0 Å². The molecule has 0 saturated heterocycles. The van der Waals surface area contributed by atoms with Gasteiger partial charge < -0.3 is 9.84 Å². The molecule has 6 heteroatoms. The third kappa shape index (κ3) is 2.49. The maximum Gasteiger partial charge on any atom is 0.379 e. The highest BCUT2D eigenvalue weighted by Gasteiger charge is 2.23. The van der Waals surface area contributed by atoms with Gasteiger partial charge in [0, 0.05) is 0 Å². The van der Waals surface area contributed by atoms with Crippen LogP contribution in [0.15, 0.2) is 12.1 Å². The fourth-order valence-corrected chi connectivity index (χ4v) is 1.25. The summed E-state index contributed by atoms with van der Waals surface area (Å²) in [7, 11) is 0. The summed E-state index contributed by atoms with van der Waals surface area (Å²) >= 11 is 5.45. The zero-order chi connectivity index (χ0) is 12.3. The van der Waals surface area contributed by atoms with E-state index in [4.69, 9.17) is 11.6 Å². The summed E-state index contributed by atoms with van der Waals surface area (Å²) < 4.78 is 17.3. The van der Waals surface area contributed by atoms with E-state index in [-0.39, 0.29) is 11.6 Å². The number of halogens is 2. The van der Waals surface area contributed by atoms with Gasteiger partial charge in [0.15, 0.2) is 0 Å². The Kier molecular flexibility index (Phi) is 3.84. The highest BCUT2D eigenvalue weighted by atomic mass is 35.5. The Morgan fingerprint density at radius 3 is 2.69 bits per heavy atom. The first-order valence-electron chi connectivity index (χ1n) is 4.36. The summed E-state index contributed by atoms with van der Waals surface area (Å²) in [6, 6.07) is 1.55. The lowest BCUT2D eigenvalue weighted by molar-refractivity contribution is -0.137. The highest BCUT2D eigenvalue weighted by molar-refractivity contribution is 6.42. The molecule has 0 saturated carbocycles. The quantitative estimate of drug-likeness (QED) is 0.503. The van der Waals surface area contributed by atoms with Crippen molar-refractivity contribution in [3.63, 3.8) is 0 Å². The van der Waals surface area contributed by atoms with Gasteiger partial charge in [-0.05, 0) is 19.1 Å². The second-order valence-corrected chi connectivity index (χ2v) is 3.24. The number of phenolic OH excluding ortho intramolecular Hbond substituents is 1. The first kappa shape index (κ1) is 12.4. The van der Waals surface area contributed by atoms with Gasteiger partial charge in [0.05, 0.1) is 17.2 Å². The van der Waals surface area contributed by atoms with Crippen molar-refractivity contribution in [3.05, 3.63) is 28.5 Å². The summed E-state index contributed by atoms with van der Waals surface area (Å²) in [5.74, 6) is -3.77. The molecule has 0 bridgehead atoms. The number of esters is 1. The smallest absolute Gasteiger partial charge is 0.379 e. The predicted molar refractivity (Wildman–Crippen MR) is 54.0 cm³/mol. The minimum absolute atomic E-state index is 0.00832. The molecular weight excluding hydrogens is 239 g/mol. The molecule has 0 unspecified atom stereocenters. The molecule has 0 aliphatic carbocycles. The number of carbonyl (C=O) groups excluding carboxylic acids is 2. The number of hydrogen-bond acceptors (Lipinski definition) is 4. The van der Waals surface area contributed by atoms with E-state index in [9.17, 15) is 19.1 Å². The number of benzene rings is 1. The molecular formula is C10H8ClFO4. The molecule has 1 aromatic carbocycles. The molecule has 0 amide bonds. The van der Waals surface area contributed by atoms with Crippen LogP contribution in [0.2, 0.25) is 5.02 Å². The summed E-state index contributed by atoms with van der Waals surface area (Å²) in [6.45, 7) is 1.53. The van der Waals surface area contributed by atoms with Crippen molar-refractivity contribution in [2.24, 2.45) is 0 Å². The summed E-state index contributed by atoms with van der Waals surface area (Å²) in [5.41, 5.74) is -0.511. The molecule has 0 aromatic heterocycles. The van der Waals surface area contributed by atoms with Gasteiger partial charge in [-0.25, -0.2) is 9.18 Å². The lowest BCUT2D eigenvalue weighted by Gasteiger charge is -2.05. The molecule has 0 spiro atoms.